The zero-order chi connectivity index (χ0) is 13.8. The van der Waals surface area contributed by atoms with Crippen LogP contribution in [0, 0.1) is 11.3 Å². The van der Waals surface area contributed by atoms with Crippen molar-refractivity contribution in [1.82, 2.24) is 0 Å². The van der Waals surface area contributed by atoms with Crippen molar-refractivity contribution in [3.63, 3.8) is 0 Å². The highest BCUT2D eigenvalue weighted by Gasteiger charge is 2.08. The van der Waals surface area contributed by atoms with Crippen LogP contribution >= 0.6 is 35.0 Å². The molecule has 0 bridgehead atoms. The summed E-state index contributed by atoms with van der Waals surface area (Å²) < 4.78 is 0. The van der Waals surface area contributed by atoms with Gasteiger partial charge in [0.05, 0.1) is 21.3 Å². The van der Waals surface area contributed by atoms with Crippen molar-refractivity contribution in [2.24, 2.45) is 0 Å². The van der Waals surface area contributed by atoms with E-state index >= 15 is 0 Å². The summed E-state index contributed by atoms with van der Waals surface area (Å²) in [6.07, 6.45) is 1.94. The minimum Gasteiger partial charge on any atom is -0.354 e. The molecule has 0 aliphatic heterocycles. The Morgan fingerprint density at radius 2 is 1.95 bits per heavy atom. The fourth-order valence-corrected chi connectivity index (χ4v) is 2.52. The molecule has 96 valence electrons. The van der Waals surface area contributed by atoms with Gasteiger partial charge in [0.2, 0.25) is 0 Å². The predicted octanol–water partition coefficient (Wildman–Crippen LogP) is 5.33. The van der Waals surface area contributed by atoms with E-state index in [4.69, 9.17) is 23.2 Å². The zero-order valence-corrected chi connectivity index (χ0v) is 12.4. The first-order valence-electron chi connectivity index (χ1n) is 5.45. The number of halogens is 2. The molecule has 0 atom stereocenters. The van der Waals surface area contributed by atoms with Crippen LogP contribution in [-0.2, 0) is 0 Å². The zero-order valence-electron chi connectivity index (χ0n) is 10.1. The van der Waals surface area contributed by atoms with Gasteiger partial charge in [-0.15, -0.1) is 11.8 Å². The number of thioether (sulfide) groups is 1. The van der Waals surface area contributed by atoms with Gasteiger partial charge in [0, 0.05) is 10.6 Å². The maximum atomic E-state index is 9.26. The molecule has 0 saturated heterocycles. The van der Waals surface area contributed by atoms with E-state index in [1.807, 2.05) is 30.5 Å². The molecular weight excluding hydrogens is 299 g/mol. The lowest BCUT2D eigenvalue weighted by atomic mass is 10.2. The Bertz CT molecular complexity index is 650. The standard InChI is InChI=1S/C14H10Cl2N2S/c1-19-14-4-2-3-13(10(14)8-17)18-9-5-6-11(15)12(16)7-9/h2-7,18H,1H3. The minimum atomic E-state index is 0.478. The lowest BCUT2D eigenvalue weighted by Crippen LogP contribution is -1.95. The molecule has 2 aromatic rings. The van der Waals surface area contributed by atoms with Crippen LogP contribution in [0.5, 0.6) is 0 Å². The Morgan fingerprint density at radius 3 is 2.58 bits per heavy atom. The van der Waals surface area contributed by atoms with E-state index in [1.165, 1.54) is 0 Å². The van der Waals surface area contributed by atoms with Gasteiger partial charge in [0.25, 0.3) is 0 Å². The van der Waals surface area contributed by atoms with Crippen LogP contribution in [0.4, 0.5) is 11.4 Å². The molecule has 2 nitrogen and oxygen atoms in total. The molecule has 1 N–H and O–H groups in total. The predicted molar refractivity (Wildman–Crippen MR) is 82.7 cm³/mol. The van der Waals surface area contributed by atoms with Crippen molar-refractivity contribution in [1.29, 1.82) is 5.26 Å². The third-order valence-electron chi connectivity index (χ3n) is 2.56. The minimum absolute atomic E-state index is 0.478. The van der Waals surface area contributed by atoms with Crippen molar-refractivity contribution < 1.29 is 0 Å². The van der Waals surface area contributed by atoms with Crippen LogP contribution < -0.4 is 5.32 Å². The number of anilines is 2. The first-order valence-corrected chi connectivity index (χ1v) is 7.43. The molecule has 0 aliphatic carbocycles. The van der Waals surface area contributed by atoms with Crippen molar-refractivity contribution in [3.05, 3.63) is 52.0 Å². The number of hydrogen-bond donors (Lipinski definition) is 1. The van der Waals surface area contributed by atoms with Gasteiger partial charge in [-0.05, 0) is 36.6 Å². The van der Waals surface area contributed by atoms with Gasteiger partial charge in [0.1, 0.15) is 6.07 Å². The molecule has 2 rings (SSSR count). The molecule has 0 unspecified atom stereocenters. The summed E-state index contributed by atoms with van der Waals surface area (Å²) >= 11 is 13.4. The third-order valence-corrected chi connectivity index (χ3v) is 4.08. The molecule has 0 amide bonds. The monoisotopic (exact) mass is 308 g/mol. The van der Waals surface area contributed by atoms with Crippen molar-refractivity contribution in [2.45, 2.75) is 4.90 Å². The molecule has 0 saturated carbocycles. The highest BCUT2D eigenvalue weighted by Crippen LogP contribution is 2.31. The summed E-state index contributed by atoms with van der Waals surface area (Å²) in [6, 6.07) is 13.2. The molecule has 5 heteroatoms. The number of nitrogens with one attached hydrogen (secondary N) is 1. The maximum Gasteiger partial charge on any atom is 0.103 e. The fourth-order valence-electron chi connectivity index (χ4n) is 1.65. The van der Waals surface area contributed by atoms with Crippen molar-refractivity contribution in [2.75, 3.05) is 11.6 Å². The summed E-state index contributed by atoms with van der Waals surface area (Å²) in [4.78, 5) is 0.938. The van der Waals surface area contributed by atoms with Gasteiger partial charge in [-0.2, -0.15) is 5.26 Å². The molecule has 0 fully saturated rings. The van der Waals surface area contributed by atoms with E-state index < -0.39 is 0 Å². The van der Waals surface area contributed by atoms with E-state index in [0.717, 1.165) is 16.3 Å². The van der Waals surface area contributed by atoms with Crippen LogP contribution in [0.1, 0.15) is 5.56 Å². The Balaban J connectivity index is 2.38. The second-order valence-corrected chi connectivity index (χ2v) is 5.41. The van der Waals surface area contributed by atoms with Gasteiger partial charge < -0.3 is 5.32 Å². The highest BCUT2D eigenvalue weighted by molar-refractivity contribution is 7.98. The van der Waals surface area contributed by atoms with Gasteiger partial charge in [-0.1, -0.05) is 29.3 Å². The summed E-state index contributed by atoms with van der Waals surface area (Å²) in [5.41, 5.74) is 2.18. The lowest BCUT2D eigenvalue weighted by Gasteiger charge is -2.11. The summed E-state index contributed by atoms with van der Waals surface area (Å²) in [6.45, 7) is 0. The number of nitrogens with zero attached hydrogens (tertiary/aromatic N) is 1. The average Bonchev–Trinajstić information content (AvgIpc) is 2.42. The average molecular weight is 309 g/mol. The quantitative estimate of drug-likeness (QED) is 0.778. The van der Waals surface area contributed by atoms with Gasteiger partial charge in [-0.25, -0.2) is 0 Å². The number of rotatable bonds is 3. The van der Waals surface area contributed by atoms with Crippen LogP contribution in [0.2, 0.25) is 10.0 Å². The molecule has 0 radical (unpaired) electrons. The van der Waals surface area contributed by atoms with Crippen molar-refractivity contribution >= 4 is 46.3 Å². The normalized spacial score (nSPS) is 10.0. The fraction of sp³-hybridized carbons (Fsp3) is 0.0714. The molecular formula is C14H10Cl2N2S. The number of nitriles is 1. The molecule has 0 spiro atoms. The van der Waals surface area contributed by atoms with E-state index in [0.29, 0.717) is 15.6 Å². The highest BCUT2D eigenvalue weighted by atomic mass is 35.5. The van der Waals surface area contributed by atoms with E-state index in [1.54, 1.807) is 23.9 Å². The topological polar surface area (TPSA) is 35.8 Å². The van der Waals surface area contributed by atoms with Crippen LogP contribution in [0.3, 0.4) is 0 Å². The molecule has 2 aromatic carbocycles. The Labute approximate surface area is 126 Å². The van der Waals surface area contributed by atoms with Gasteiger partial charge in [-0.3, -0.25) is 0 Å². The van der Waals surface area contributed by atoms with Crippen LogP contribution in [-0.4, -0.2) is 6.26 Å². The largest absolute Gasteiger partial charge is 0.354 e. The van der Waals surface area contributed by atoms with E-state index in [-0.39, 0.29) is 0 Å². The van der Waals surface area contributed by atoms with Crippen molar-refractivity contribution in [3.8, 4) is 6.07 Å². The molecule has 0 heterocycles. The second-order valence-electron chi connectivity index (χ2n) is 3.75. The third kappa shape index (κ3) is 3.16. The first kappa shape index (κ1) is 14.1. The first-order chi connectivity index (χ1) is 9.15. The van der Waals surface area contributed by atoms with Crippen LogP contribution in [0.15, 0.2) is 41.3 Å². The molecule has 19 heavy (non-hydrogen) atoms. The molecule has 0 aliphatic rings. The smallest absolute Gasteiger partial charge is 0.103 e. The Morgan fingerprint density at radius 1 is 1.16 bits per heavy atom. The number of benzene rings is 2. The Kier molecular flexibility index (Phi) is 4.60. The maximum absolute atomic E-state index is 9.26. The van der Waals surface area contributed by atoms with E-state index in [2.05, 4.69) is 11.4 Å². The molecule has 0 aromatic heterocycles. The second kappa shape index (κ2) is 6.21. The summed E-state index contributed by atoms with van der Waals surface area (Å²) in [7, 11) is 0. The summed E-state index contributed by atoms with van der Waals surface area (Å²) in [5.74, 6) is 0. The lowest BCUT2D eigenvalue weighted by molar-refractivity contribution is 1.36. The van der Waals surface area contributed by atoms with Gasteiger partial charge >= 0.3 is 0 Å². The van der Waals surface area contributed by atoms with Gasteiger partial charge in [0.15, 0.2) is 0 Å². The summed E-state index contributed by atoms with van der Waals surface area (Å²) in [5, 5.41) is 13.4. The van der Waals surface area contributed by atoms with Crippen LogP contribution in [0.25, 0.3) is 0 Å². The van der Waals surface area contributed by atoms with E-state index in [9.17, 15) is 5.26 Å². The SMILES string of the molecule is CSc1cccc(Nc2ccc(Cl)c(Cl)c2)c1C#N. The number of hydrogen-bond acceptors (Lipinski definition) is 3. The Hall–Kier alpha value is -1.34.